The summed E-state index contributed by atoms with van der Waals surface area (Å²) >= 11 is 0. The zero-order valence-corrected chi connectivity index (χ0v) is 20.0. The maximum Gasteiger partial charge on any atom is 0.0730 e. The van der Waals surface area contributed by atoms with Crippen LogP contribution in [-0.4, -0.2) is 40.5 Å². The number of benzene rings is 2. The summed E-state index contributed by atoms with van der Waals surface area (Å²) in [6.45, 7) is 7.62. The molecule has 4 aromatic rings. The van der Waals surface area contributed by atoms with Crippen LogP contribution in [0.1, 0.15) is 38.3 Å². The third-order valence-electron chi connectivity index (χ3n) is 6.80. The molecule has 1 aliphatic rings. The first-order chi connectivity index (χ1) is 16.7. The number of nitrogens with zero attached hydrogens (tertiary/aromatic N) is 4. The standard InChI is InChI=1S/C29H32N5/c1-3-34-17-9-12-24(34)20-31-28-19-27(33-26-14-8-7-13-25(26)28)23-15-16-30-29(18-23)32-21(2)22-10-5-4-6-11-22/h4-8,10-11,13-16,18-19,21,24H,3,9,12,17,20H2,1-2H3,(H-,30,31,32,33)/q-1/t21-,24?/m0/s1. The van der Waals surface area contributed by atoms with E-state index in [1.165, 1.54) is 24.9 Å². The third kappa shape index (κ3) is 4.90. The molecule has 3 heterocycles. The van der Waals surface area contributed by atoms with Gasteiger partial charge in [-0.2, -0.15) is 0 Å². The lowest BCUT2D eigenvalue weighted by Gasteiger charge is -2.24. The molecule has 1 N–H and O–H groups in total. The van der Waals surface area contributed by atoms with E-state index in [0.717, 1.165) is 46.8 Å². The Kier molecular flexibility index (Phi) is 6.72. The molecule has 0 bridgehead atoms. The quantitative estimate of drug-likeness (QED) is 0.315. The second-order valence-corrected chi connectivity index (χ2v) is 9.00. The van der Waals surface area contributed by atoms with Gasteiger partial charge in [0.2, 0.25) is 0 Å². The van der Waals surface area contributed by atoms with E-state index in [-0.39, 0.29) is 6.04 Å². The third-order valence-corrected chi connectivity index (χ3v) is 6.80. The average molecular weight is 451 g/mol. The number of likely N-dealkylation sites (N-methyl/N-ethyl adjacent to an activating group) is 1. The van der Waals surface area contributed by atoms with Gasteiger partial charge in [0, 0.05) is 23.7 Å². The molecule has 5 nitrogen and oxygen atoms in total. The van der Waals surface area contributed by atoms with Gasteiger partial charge in [-0.3, -0.25) is 4.90 Å². The molecule has 0 amide bonds. The molecule has 1 saturated heterocycles. The van der Waals surface area contributed by atoms with Crippen LogP contribution in [0.4, 0.5) is 11.5 Å². The Balaban J connectivity index is 1.42. The van der Waals surface area contributed by atoms with E-state index in [4.69, 9.17) is 10.3 Å². The summed E-state index contributed by atoms with van der Waals surface area (Å²) in [5, 5.41) is 9.75. The molecule has 1 fully saturated rings. The van der Waals surface area contributed by atoms with Gasteiger partial charge in [-0.1, -0.05) is 86.5 Å². The van der Waals surface area contributed by atoms with Crippen molar-refractivity contribution in [2.75, 3.05) is 25.0 Å². The Morgan fingerprint density at radius 3 is 2.74 bits per heavy atom. The summed E-state index contributed by atoms with van der Waals surface area (Å²) in [5.74, 6) is 0.725. The van der Waals surface area contributed by atoms with E-state index in [9.17, 15) is 0 Å². The van der Waals surface area contributed by atoms with Crippen LogP contribution in [-0.2, 0) is 0 Å². The minimum absolute atomic E-state index is 0.0404. The number of nitrogens with one attached hydrogen (secondary N) is 1. The molecule has 0 spiro atoms. The smallest absolute Gasteiger partial charge is 0.0730 e. The molecule has 34 heavy (non-hydrogen) atoms. The maximum absolute atomic E-state index is 4.98. The molecule has 2 atom stereocenters. The Labute approximate surface area is 202 Å². The molecular weight excluding hydrogens is 418 g/mol. The van der Waals surface area contributed by atoms with E-state index >= 15 is 0 Å². The fraction of sp³-hybridized carbons (Fsp3) is 0.310. The predicted molar refractivity (Wildman–Crippen MR) is 142 cm³/mol. The van der Waals surface area contributed by atoms with E-state index in [0.29, 0.717) is 6.04 Å². The largest absolute Gasteiger partial charge is 0.458 e. The van der Waals surface area contributed by atoms with Crippen molar-refractivity contribution in [3.05, 3.63) is 89.9 Å². The number of rotatable bonds is 8. The highest BCUT2D eigenvalue weighted by molar-refractivity contribution is 5.93. The van der Waals surface area contributed by atoms with Gasteiger partial charge in [0.25, 0.3) is 0 Å². The van der Waals surface area contributed by atoms with Gasteiger partial charge < -0.3 is 15.6 Å². The highest BCUT2D eigenvalue weighted by Gasteiger charge is 2.22. The van der Waals surface area contributed by atoms with Crippen LogP contribution in [0.15, 0.2) is 79.0 Å². The molecule has 1 aliphatic heterocycles. The Hall–Kier alpha value is -3.44. The SMILES string of the molecule is CCN1CCCC1CNc1cc(-c2ccnc([N-][C@@H](C)c3ccccc3)c2)nc2ccccc12. The van der Waals surface area contributed by atoms with Crippen molar-refractivity contribution in [1.82, 2.24) is 14.9 Å². The van der Waals surface area contributed by atoms with Crippen LogP contribution in [0.3, 0.4) is 0 Å². The number of hydrogen-bond acceptors (Lipinski definition) is 4. The van der Waals surface area contributed by atoms with Crippen LogP contribution < -0.4 is 5.32 Å². The first-order valence-corrected chi connectivity index (χ1v) is 12.3. The second kappa shape index (κ2) is 10.2. The van der Waals surface area contributed by atoms with E-state index in [2.05, 4.69) is 65.4 Å². The molecule has 2 aromatic carbocycles. The van der Waals surface area contributed by atoms with Gasteiger partial charge >= 0.3 is 0 Å². The molecule has 174 valence electrons. The van der Waals surface area contributed by atoms with Crippen LogP contribution >= 0.6 is 0 Å². The van der Waals surface area contributed by atoms with E-state index in [1.54, 1.807) is 0 Å². The number of pyridine rings is 2. The maximum atomic E-state index is 4.98. The van der Waals surface area contributed by atoms with Crippen molar-refractivity contribution >= 4 is 22.4 Å². The van der Waals surface area contributed by atoms with Gasteiger partial charge in [0.15, 0.2) is 0 Å². The number of fused-ring (bicyclic) bond motifs is 1. The van der Waals surface area contributed by atoms with E-state index in [1.807, 2.05) is 42.6 Å². The first-order valence-electron chi connectivity index (χ1n) is 12.3. The molecule has 0 radical (unpaired) electrons. The zero-order chi connectivity index (χ0) is 23.3. The summed E-state index contributed by atoms with van der Waals surface area (Å²) in [6, 6.07) is 25.5. The summed E-state index contributed by atoms with van der Waals surface area (Å²) in [5.41, 5.74) is 5.27. The molecule has 0 saturated carbocycles. The van der Waals surface area contributed by atoms with Gasteiger partial charge in [-0.15, -0.1) is 0 Å². The number of likely N-dealkylation sites (tertiary alicyclic amines) is 1. The summed E-state index contributed by atoms with van der Waals surface area (Å²) in [6.07, 6.45) is 4.37. The van der Waals surface area contributed by atoms with Crippen LogP contribution in [0.25, 0.3) is 27.5 Å². The zero-order valence-electron chi connectivity index (χ0n) is 20.0. The van der Waals surface area contributed by atoms with Crippen molar-refractivity contribution in [1.29, 1.82) is 0 Å². The topological polar surface area (TPSA) is 55.2 Å². The van der Waals surface area contributed by atoms with Gasteiger partial charge in [0.1, 0.15) is 0 Å². The van der Waals surface area contributed by atoms with Gasteiger partial charge in [-0.25, -0.2) is 4.98 Å². The monoisotopic (exact) mass is 450 g/mol. The summed E-state index contributed by atoms with van der Waals surface area (Å²) in [7, 11) is 0. The molecular formula is C29H32N5-. The highest BCUT2D eigenvalue weighted by atomic mass is 15.2. The summed E-state index contributed by atoms with van der Waals surface area (Å²) in [4.78, 5) is 12.1. The van der Waals surface area contributed by atoms with Crippen molar-refractivity contribution < 1.29 is 0 Å². The molecule has 0 aliphatic carbocycles. The lowest BCUT2D eigenvalue weighted by molar-refractivity contribution is 0.277. The number of anilines is 1. The van der Waals surface area contributed by atoms with Crippen molar-refractivity contribution in [3.63, 3.8) is 0 Å². The molecule has 5 rings (SSSR count). The lowest BCUT2D eigenvalue weighted by Crippen LogP contribution is -2.34. The first kappa shape index (κ1) is 22.4. The minimum Gasteiger partial charge on any atom is -0.458 e. The van der Waals surface area contributed by atoms with Gasteiger partial charge in [-0.05, 0) is 55.2 Å². The van der Waals surface area contributed by atoms with Crippen molar-refractivity contribution in [2.45, 2.75) is 38.8 Å². The number of hydrogen-bond donors (Lipinski definition) is 1. The molecule has 5 heteroatoms. The summed E-state index contributed by atoms with van der Waals surface area (Å²) < 4.78 is 0. The van der Waals surface area contributed by atoms with Crippen LogP contribution in [0.5, 0.6) is 0 Å². The van der Waals surface area contributed by atoms with E-state index < -0.39 is 0 Å². The second-order valence-electron chi connectivity index (χ2n) is 9.00. The van der Waals surface area contributed by atoms with Crippen molar-refractivity contribution in [3.8, 4) is 11.3 Å². The van der Waals surface area contributed by atoms with Crippen molar-refractivity contribution in [2.24, 2.45) is 0 Å². The fourth-order valence-electron chi connectivity index (χ4n) is 4.89. The Bertz CT molecular complexity index is 1240. The molecule has 2 aromatic heterocycles. The van der Waals surface area contributed by atoms with Crippen LogP contribution in [0.2, 0.25) is 0 Å². The number of aromatic nitrogens is 2. The fourth-order valence-corrected chi connectivity index (χ4v) is 4.89. The Morgan fingerprint density at radius 1 is 1.06 bits per heavy atom. The highest BCUT2D eigenvalue weighted by Crippen LogP contribution is 2.34. The number of para-hydroxylation sites is 1. The Morgan fingerprint density at radius 2 is 1.88 bits per heavy atom. The van der Waals surface area contributed by atoms with Gasteiger partial charge in [0.05, 0.1) is 11.2 Å². The predicted octanol–water partition coefficient (Wildman–Crippen LogP) is 6.96. The lowest BCUT2D eigenvalue weighted by atomic mass is 10.1. The minimum atomic E-state index is 0.0404. The van der Waals surface area contributed by atoms with Crippen LogP contribution in [0, 0.1) is 0 Å². The average Bonchev–Trinajstić information content (AvgIpc) is 3.35. The molecule has 1 unspecified atom stereocenters. The normalized spacial score (nSPS) is 17.1.